The summed E-state index contributed by atoms with van der Waals surface area (Å²) in [7, 11) is 0. The number of allylic oxidation sites excluding steroid dienone is 2. The van der Waals surface area contributed by atoms with Crippen LogP contribution in [0.15, 0.2) is 24.3 Å². The maximum atomic E-state index is 10.8. The zero-order valence-electron chi connectivity index (χ0n) is 17.1. The molecule has 5 rings (SSSR count). The second-order valence-electron chi connectivity index (χ2n) is 10.5. The van der Waals surface area contributed by atoms with Gasteiger partial charge in [-0.2, -0.15) is 0 Å². The van der Waals surface area contributed by atoms with Crippen LogP contribution in [0.2, 0.25) is 0 Å². The maximum absolute atomic E-state index is 10.8. The molecule has 0 aromatic rings. The fraction of sp³-hybridized carbons (Fsp3) is 0.833. The average molecular weight is 373 g/mol. The summed E-state index contributed by atoms with van der Waals surface area (Å²) < 4.78 is 12.2. The van der Waals surface area contributed by atoms with Gasteiger partial charge in [0.05, 0.1) is 19.3 Å². The van der Waals surface area contributed by atoms with Gasteiger partial charge in [0.2, 0.25) is 0 Å². The number of fused-ring (bicyclic) bond motifs is 5. The highest BCUT2D eigenvalue weighted by Gasteiger charge is 2.61. The highest BCUT2D eigenvalue weighted by molar-refractivity contribution is 5.28. The Labute approximate surface area is 164 Å². The van der Waals surface area contributed by atoms with Gasteiger partial charge in [-0.25, -0.2) is 0 Å². The van der Waals surface area contributed by atoms with E-state index in [1.165, 1.54) is 25.7 Å². The largest absolute Gasteiger partial charge is 0.393 e. The van der Waals surface area contributed by atoms with Crippen LogP contribution in [0.4, 0.5) is 0 Å². The molecule has 3 heteroatoms. The first kappa shape index (κ1) is 18.4. The van der Waals surface area contributed by atoms with E-state index in [1.54, 1.807) is 5.57 Å². The molecule has 0 unspecified atom stereocenters. The lowest BCUT2D eigenvalue weighted by Crippen LogP contribution is -2.55. The van der Waals surface area contributed by atoms with Gasteiger partial charge in [-0.1, -0.05) is 31.6 Å². The Hall–Kier alpha value is -0.640. The molecular weight excluding hydrogens is 336 g/mol. The Morgan fingerprint density at radius 2 is 1.89 bits per heavy atom. The topological polar surface area (TPSA) is 38.7 Å². The van der Waals surface area contributed by atoms with E-state index in [4.69, 9.17) is 9.47 Å². The van der Waals surface area contributed by atoms with Gasteiger partial charge in [0.1, 0.15) is 0 Å². The van der Waals surface area contributed by atoms with Gasteiger partial charge < -0.3 is 14.6 Å². The molecule has 0 bridgehead atoms. The lowest BCUT2D eigenvalue weighted by Gasteiger charge is -2.60. The predicted octanol–water partition coefficient (Wildman–Crippen LogP) is 4.86. The third-order valence-corrected chi connectivity index (χ3v) is 9.48. The van der Waals surface area contributed by atoms with Gasteiger partial charge in [0.25, 0.3) is 0 Å². The predicted molar refractivity (Wildman–Crippen MR) is 106 cm³/mol. The van der Waals surface area contributed by atoms with Crippen LogP contribution < -0.4 is 0 Å². The Bertz CT molecular complexity index is 648. The zero-order valence-corrected chi connectivity index (χ0v) is 17.1. The summed E-state index contributed by atoms with van der Waals surface area (Å²) in [5, 5.41) is 10.8. The number of ether oxygens (including phenoxy) is 2. The summed E-state index contributed by atoms with van der Waals surface area (Å²) in [6, 6.07) is 0. The van der Waals surface area contributed by atoms with E-state index in [0.717, 1.165) is 44.8 Å². The van der Waals surface area contributed by atoms with Gasteiger partial charge in [-0.05, 0) is 73.0 Å². The second kappa shape index (κ2) is 6.18. The van der Waals surface area contributed by atoms with E-state index >= 15 is 0 Å². The molecule has 5 aliphatic rings. The Balaban J connectivity index is 1.54. The van der Waals surface area contributed by atoms with Crippen molar-refractivity contribution in [3.63, 3.8) is 0 Å². The molecule has 150 valence electrons. The van der Waals surface area contributed by atoms with E-state index in [-0.39, 0.29) is 22.7 Å². The normalized spacial score (nSPS) is 50.6. The molecule has 1 saturated heterocycles. The van der Waals surface area contributed by atoms with Gasteiger partial charge in [0, 0.05) is 12.8 Å². The van der Waals surface area contributed by atoms with Crippen molar-refractivity contribution < 1.29 is 14.6 Å². The van der Waals surface area contributed by atoms with Gasteiger partial charge in [-0.3, -0.25) is 0 Å². The van der Waals surface area contributed by atoms with Gasteiger partial charge in [0.15, 0.2) is 5.79 Å². The van der Waals surface area contributed by atoms with Crippen molar-refractivity contribution >= 4 is 0 Å². The smallest absolute Gasteiger partial charge is 0.172 e. The molecule has 4 aliphatic carbocycles. The molecule has 4 fully saturated rings. The molecule has 1 N–H and O–H groups in total. The van der Waals surface area contributed by atoms with Crippen molar-refractivity contribution in [3.05, 3.63) is 24.3 Å². The molecule has 27 heavy (non-hydrogen) atoms. The van der Waals surface area contributed by atoms with Crippen LogP contribution >= 0.6 is 0 Å². The molecule has 1 heterocycles. The standard InChI is InChI=1S/C24H36O3/c1-4-5-16-14-17-15-24(26-12-13-27-24)11-10-22(17,2)19-8-9-23(3)18(21(16)19)6-7-20(23)25/h4,14,16,18-21,25H,1,5-13,15H2,2-3H3/t16-,18-,19-,20-,21-,22-,23-/m0/s1. The SMILES string of the molecule is C=CC[C@H]1C=C2CC3(CC[C@]2(C)[C@H]2CC[C@]4(C)[C@@H](O)CC[C@H]4[C@H]12)OCCO3. The minimum atomic E-state index is -0.344. The van der Waals surface area contributed by atoms with E-state index < -0.39 is 0 Å². The van der Waals surface area contributed by atoms with Crippen LogP contribution in [-0.4, -0.2) is 30.2 Å². The van der Waals surface area contributed by atoms with E-state index in [0.29, 0.717) is 17.8 Å². The highest BCUT2D eigenvalue weighted by Crippen LogP contribution is 2.67. The van der Waals surface area contributed by atoms with E-state index in [1.807, 2.05) is 0 Å². The second-order valence-corrected chi connectivity index (χ2v) is 10.5. The first-order chi connectivity index (χ1) is 12.9. The first-order valence-electron chi connectivity index (χ1n) is 11.2. The summed E-state index contributed by atoms with van der Waals surface area (Å²) in [5.74, 6) is 2.28. The lowest BCUT2D eigenvalue weighted by atomic mass is 9.45. The fourth-order valence-electron chi connectivity index (χ4n) is 7.90. The zero-order chi connectivity index (χ0) is 18.9. The van der Waals surface area contributed by atoms with Crippen LogP contribution in [-0.2, 0) is 9.47 Å². The first-order valence-corrected chi connectivity index (χ1v) is 11.2. The molecule has 0 radical (unpaired) electrons. The molecule has 3 nitrogen and oxygen atoms in total. The summed E-state index contributed by atoms with van der Waals surface area (Å²) in [5.41, 5.74) is 1.99. The minimum Gasteiger partial charge on any atom is -0.393 e. The minimum absolute atomic E-state index is 0.110. The Morgan fingerprint density at radius 1 is 1.11 bits per heavy atom. The number of rotatable bonds is 2. The third-order valence-electron chi connectivity index (χ3n) is 9.48. The maximum Gasteiger partial charge on any atom is 0.172 e. The monoisotopic (exact) mass is 372 g/mol. The van der Waals surface area contributed by atoms with Crippen LogP contribution in [0, 0.1) is 34.5 Å². The van der Waals surface area contributed by atoms with Crippen LogP contribution in [0.5, 0.6) is 0 Å². The number of hydrogen-bond donors (Lipinski definition) is 1. The fourth-order valence-corrected chi connectivity index (χ4v) is 7.90. The van der Waals surface area contributed by atoms with Crippen molar-refractivity contribution in [2.75, 3.05) is 13.2 Å². The quantitative estimate of drug-likeness (QED) is 0.704. The summed E-state index contributed by atoms with van der Waals surface area (Å²) in [4.78, 5) is 0. The summed E-state index contributed by atoms with van der Waals surface area (Å²) >= 11 is 0. The number of hydrogen-bond acceptors (Lipinski definition) is 3. The molecule has 1 spiro atoms. The highest BCUT2D eigenvalue weighted by atomic mass is 16.7. The van der Waals surface area contributed by atoms with Crippen LogP contribution in [0.3, 0.4) is 0 Å². The van der Waals surface area contributed by atoms with Crippen molar-refractivity contribution in [2.24, 2.45) is 34.5 Å². The van der Waals surface area contributed by atoms with Crippen LogP contribution in [0.25, 0.3) is 0 Å². The third kappa shape index (κ3) is 2.50. The van der Waals surface area contributed by atoms with Gasteiger partial charge >= 0.3 is 0 Å². The Kier molecular flexibility index (Phi) is 4.21. The molecule has 3 saturated carbocycles. The molecular formula is C24H36O3. The molecule has 0 aromatic heterocycles. The van der Waals surface area contributed by atoms with E-state index in [2.05, 4.69) is 32.6 Å². The van der Waals surface area contributed by atoms with Crippen molar-refractivity contribution in [2.45, 2.75) is 77.1 Å². The summed E-state index contributed by atoms with van der Waals surface area (Å²) in [6.45, 7) is 10.4. The lowest BCUT2D eigenvalue weighted by molar-refractivity contribution is -0.187. The summed E-state index contributed by atoms with van der Waals surface area (Å²) in [6.07, 6.45) is 13.4. The van der Waals surface area contributed by atoms with Crippen molar-refractivity contribution in [1.82, 2.24) is 0 Å². The molecule has 0 aromatic carbocycles. The molecule has 7 atom stereocenters. The molecule has 0 amide bonds. The van der Waals surface area contributed by atoms with E-state index in [9.17, 15) is 5.11 Å². The van der Waals surface area contributed by atoms with Crippen molar-refractivity contribution in [1.29, 1.82) is 0 Å². The number of aliphatic hydroxyl groups is 1. The molecule has 1 aliphatic heterocycles. The average Bonchev–Trinajstić information content (AvgIpc) is 3.22. The van der Waals surface area contributed by atoms with Gasteiger partial charge in [-0.15, -0.1) is 6.58 Å². The number of aliphatic hydroxyl groups excluding tert-OH is 1. The van der Waals surface area contributed by atoms with Crippen LogP contribution in [0.1, 0.15) is 65.2 Å². The van der Waals surface area contributed by atoms with Crippen molar-refractivity contribution in [3.8, 4) is 0 Å². The Morgan fingerprint density at radius 3 is 2.63 bits per heavy atom.